The summed E-state index contributed by atoms with van der Waals surface area (Å²) in [4.78, 5) is 16.6. The van der Waals surface area contributed by atoms with Gasteiger partial charge in [-0.2, -0.15) is 5.10 Å². The zero-order valence-corrected chi connectivity index (χ0v) is 20.0. The van der Waals surface area contributed by atoms with Crippen LogP contribution >= 0.6 is 50.6 Å². The molecule has 0 unspecified atom stereocenters. The lowest BCUT2D eigenvalue weighted by atomic mass is 10.2. The highest BCUT2D eigenvalue weighted by Crippen LogP contribution is 2.35. The van der Waals surface area contributed by atoms with Crippen molar-refractivity contribution >= 4 is 62.8 Å². The summed E-state index contributed by atoms with van der Waals surface area (Å²) in [5.74, 6) is 1.14. The number of hydrazone groups is 1. The Bertz CT molecular complexity index is 1060. The van der Waals surface area contributed by atoms with E-state index >= 15 is 0 Å². The Kier molecular flexibility index (Phi) is 8.15. The Morgan fingerprint density at radius 1 is 1.30 bits per heavy atom. The Morgan fingerprint density at radius 2 is 2.07 bits per heavy atom. The number of halogens is 2. The second-order valence-electron chi connectivity index (χ2n) is 5.83. The van der Waals surface area contributed by atoms with Crippen LogP contribution in [0.5, 0.6) is 11.5 Å². The zero-order chi connectivity index (χ0) is 21.5. The van der Waals surface area contributed by atoms with Gasteiger partial charge in [-0.05, 0) is 45.8 Å². The standard InChI is InChI=1S/C20H17BrClN3O3S2/c1-27-17-8-12(7-15(21)19(17)28-2)9-23-25-18(26)11-30-20-24-16(10-29-20)13-3-5-14(22)6-4-13/h3-10H,11H2,1-2H3,(H,25,26)/b23-9+. The molecule has 6 nitrogen and oxygen atoms in total. The minimum Gasteiger partial charge on any atom is -0.493 e. The van der Waals surface area contributed by atoms with Crippen LogP contribution in [0.3, 0.4) is 0 Å². The maximum absolute atomic E-state index is 12.1. The largest absolute Gasteiger partial charge is 0.493 e. The molecule has 0 saturated carbocycles. The van der Waals surface area contributed by atoms with E-state index in [-0.39, 0.29) is 11.7 Å². The van der Waals surface area contributed by atoms with Crippen molar-refractivity contribution in [2.75, 3.05) is 20.0 Å². The van der Waals surface area contributed by atoms with Gasteiger partial charge in [0.1, 0.15) is 0 Å². The molecule has 3 aromatic rings. The van der Waals surface area contributed by atoms with Crippen LogP contribution in [0.4, 0.5) is 0 Å². The lowest BCUT2D eigenvalue weighted by molar-refractivity contribution is -0.118. The quantitative estimate of drug-likeness (QED) is 0.239. The number of nitrogens with zero attached hydrogens (tertiary/aromatic N) is 2. The second kappa shape index (κ2) is 10.8. The molecule has 1 aromatic heterocycles. The van der Waals surface area contributed by atoms with Gasteiger partial charge in [0.25, 0.3) is 5.91 Å². The first-order valence-corrected chi connectivity index (χ1v) is 11.6. The van der Waals surface area contributed by atoms with Crippen molar-refractivity contribution in [3.8, 4) is 22.8 Å². The molecular formula is C20H17BrClN3O3S2. The van der Waals surface area contributed by atoms with Crippen LogP contribution in [0, 0.1) is 0 Å². The summed E-state index contributed by atoms with van der Waals surface area (Å²) in [6, 6.07) is 11.1. The van der Waals surface area contributed by atoms with E-state index in [1.165, 1.54) is 29.3 Å². The number of rotatable bonds is 8. The van der Waals surface area contributed by atoms with Crippen LogP contribution in [0.15, 0.2) is 55.7 Å². The first-order valence-electron chi connectivity index (χ1n) is 8.58. The van der Waals surface area contributed by atoms with Gasteiger partial charge in [0.05, 0.1) is 36.4 Å². The number of benzene rings is 2. The van der Waals surface area contributed by atoms with E-state index in [0.717, 1.165) is 25.6 Å². The molecule has 0 aliphatic rings. The van der Waals surface area contributed by atoms with Crippen LogP contribution in [0.25, 0.3) is 11.3 Å². The normalized spacial score (nSPS) is 10.9. The Hall–Kier alpha value is -2.07. The Morgan fingerprint density at radius 3 is 2.77 bits per heavy atom. The molecule has 0 fully saturated rings. The van der Waals surface area contributed by atoms with E-state index in [0.29, 0.717) is 16.5 Å². The number of ether oxygens (including phenoxy) is 2. The SMILES string of the molecule is COc1cc(/C=N/NC(=O)CSc2nc(-c3ccc(Cl)cc3)cs2)cc(Br)c1OC. The van der Waals surface area contributed by atoms with E-state index in [1.807, 2.05) is 35.7 Å². The van der Waals surface area contributed by atoms with E-state index in [4.69, 9.17) is 21.1 Å². The molecule has 0 saturated heterocycles. The lowest BCUT2D eigenvalue weighted by Crippen LogP contribution is -2.19. The number of thiazole rings is 1. The van der Waals surface area contributed by atoms with E-state index in [1.54, 1.807) is 20.3 Å². The molecule has 30 heavy (non-hydrogen) atoms. The fourth-order valence-electron chi connectivity index (χ4n) is 2.43. The molecule has 156 valence electrons. The molecule has 10 heteroatoms. The van der Waals surface area contributed by atoms with Gasteiger partial charge in [-0.1, -0.05) is 35.5 Å². The molecule has 0 aliphatic heterocycles. The van der Waals surface area contributed by atoms with Crippen molar-refractivity contribution in [2.24, 2.45) is 5.10 Å². The number of methoxy groups -OCH3 is 2. The molecule has 2 aromatic carbocycles. The molecular weight excluding hydrogens is 510 g/mol. The molecule has 0 spiro atoms. The maximum atomic E-state index is 12.1. The molecule has 0 bridgehead atoms. The number of amides is 1. The van der Waals surface area contributed by atoms with Crippen molar-refractivity contribution < 1.29 is 14.3 Å². The first-order chi connectivity index (χ1) is 14.5. The molecule has 0 aliphatic carbocycles. The molecule has 1 amide bonds. The Balaban J connectivity index is 1.53. The summed E-state index contributed by atoms with van der Waals surface area (Å²) in [5.41, 5.74) is 5.11. The zero-order valence-electron chi connectivity index (χ0n) is 16.0. The fourth-order valence-corrected chi connectivity index (χ4v) is 4.80. The molecule has 0 atom stereocenters. The number of aromatic nitrogens is 1. The van der Waals surface area contributed by atoms with Crippen LogP contribution in [-0.2, 0) is 4.79 Å². The summed E-state index contributed by atoms with van der Waals surface area (Å²) in [5, 5.41) is 6.64. The average molecular weight is 527 g/mol. The highest BCUT2D eigenvalue weighted by molar-refractivity contribution is 9.10. The number of carbonyl (C=O) groups is 1. The van der Waals surface area contributed by atoms with Gasteiger partial charge in [-0.25, -0.2) is 10.4 Å². The molecule has 0 radical (unpaired) electrons. The van der Waals surface area contributed by atoms with E-state index in [2.05, 4.69) is 31.4 Å². The van der Waals surface area contributed by atoms with E-state index in [9.17, 15) is 4.79 Å². The average Bonchev–Trinajstić information content (AvgIpc) is 3.21. The van der Waals surface area contributed by atoms with Crippen LogP contribution < -0.4 is 14.9 Å². The molecule has 1 N–H and O–H groups in total. The predicted molar refractivity (Wildman–Crippen MR) is 126 cm³/mol. The number of hydrogen-bond donors (Lipinski definition) is 1. The van der Waals surface area contributed by atoms with Gasteiger partial charge in [0, 0.05) is 16.0 Å². The highest BCUT2D eigenvalue weighted by atomic mass is 79.9. The summed E-state index contributed by atoms with van der Waals surface area (Å²) in [6.07, 6.45) is 1.54. The third kappa shape index (κ3) is 5.98. The summed E-state index contributed by atoms with van der Waals surface area (Å²) < 4.78 is 12.1. The number of thioether (sulfide) groups is 1. The molecule has 3 rings (SSSR count). The minimum atomic E-state index is -0.223. The summed E-state index contributed by atoms with van der Waals surface area (Å²) >= 11 is 12.2. The smallest absolute Gasteiger partial charge is 0.250 e. The van der Waals surface area contributed by atoms with Crippen molar-refractivity contribution in [2.45, 2.75) is 4.34 Å². The number of carbonyl (C=O) groups excluding carboxylic acids is 1. The monoisotopic (exact) mass is 525 g/mol. The number of hydrogen-bond acceptors (Lipinski definition) is 7. The van der Waals surface area contributed by atoms with Crippen molar-refractivity contribution in [3.63, 3.8) is 0 Å². The van der Waals surface area contributed by atoms with Gasteiger partial charge in [0.15, 0.2) is 15.8 Å². The summed E-state index contributed by atoms with van der Waals surface area (Å²) in [7, 11) is 3.12. The van der Waals surface area contributed by atoms with Gasteiger partial charge < -0.3 is 9.47 Å². The van der Waals surface area contributed by atoms with Crippen molar-refractivity contribution in [1.82, 2.24) is 10.4 Å². The lowest BCUT2D eigenvalue weighted by Gasteiger charge is -2.10. The fraction of sp³-hybridized carbons (Fsp3) is 0.150. The van der Waals surface area contributed by atoms with Gasteiger partial charge in [-0.3, -0.25) is 4.79 Å². The highest BCUT2D eigenvalue weighted by Gasteiger charge is 2.10. The van der Waals surface area contributed by atoms with Gasteiger partial charge >= 0.3 is 0 Å². The third-order valence-electron chi connectivity index (χ3n) is 3.81. The van der Waals surface area contributed by atoms with Crippen LogP contribution in [-0.4, -0.2) is 37.1 Å². The second-order valence-corrected chi connectivity index (χ2v) is 9.20. The first kappa shape index (κ1) is 22.6. The van der Waals surface area contributed by atoms with Crippen LogP contribution in [0.1, 0.15) is 5.56 Å². The van der Waals surface area contributed by atoms with Gasteiger partial charge in [-0.15, -0.1) is 11.3 Å². The topological polar surface area (TPSA) is 72.8 Å². The Labute approximate surface area is 195 Å². The number of nitrogens with one attached hydrogen (secondary N) is 1. The minimum absolute atomic E-state index is 0.209. The van der Waals surface area contributed by atoms with Gasteiger partial charge in [0.2, 0.25) is 0 Å². The van der Waals surface area contributed by atoms with Crippen LogP contribution in [0.2, 0.25) is 5.02 Å². The van der Waals surface area contributed by atoms with Crippen molar-refractivity contribution in [3.05, 3.63) is 56.8 Å². The molecule has 1 heterocycles. The van der Waals surface area contributed by atoms with E-state index < -0.39 is 0 Å². The third-order valence-corrected chi connectivity index (χ3v) is 6.67. The predicted octanol–water partition coefficient (Wildman–Crippen LogP) is 5.49. The van der Waals surface area contributed by atoms with Crippen molar-refractivity contribution in [1.29, 1.82) is 0 Å². The summed E-state index contributed by atoms with van der Waals surface area (Å²) in [6.45, 7) is 0. The maximum Gasteiger partial charge on any atom is 0.250 e.